The van der Waals surface area contributed by atoms with Gasteiger partial charge in [0.2, 0.25) is 10.0 Å². The summed E-state index contributed by atoms with van der Waals surface area (Å²) >= 11 is 1.22. The maximum Gasteiger partial charge on any atom is 0.250 e. The summed E-state index contributed by atoms with van der Waals surface area (Å²) in [6, 6.07) is 11.3. The molecule has 4 aromatic rings. The Balaban J connectivity index is 1.54. The first kappa shape index (κ1) is 21.7. The monoisotopic (exact) mass is 457 g/mol. The van der Waals surface area contributed by atoms with Crippen LogP contribution in [0.5, 0.6) is 0 Å². The second-order valence-corrected chi connectivity index (χ2v) is 10.5. The molecule has 1 aromatic carbocycles. The molecule has 0 aliphatic carbocycles. The van der Waals surface area contributed by atoms with Crippen LogP contribution in [0.2, 0.25) is 0 Å². The third kappa shape index (κ3) is 4.58. The number of rotatable bonds is 10. The molecule has 0 aliphatic heterocycles. The molecule has 0 atom stereocenters. The standard InChI is InChI=1S/C22H27N5O2S2/c1-2-3-11-18-26-20-21(16-9-4-5-10-17(16)25-22(20)23)27(18)14-7-6-13-24-31(28,29)19-12-8-15-30-19/h4-5,8-10,12,15,24H,2-3,6-7,11,13-14H2,1H3,(H2,23,25). The molecule has 164 valence electrons. The van der Waals surface area contributed by atoms with Gasteiger partial charge in [0.1, 0.15) is 15.6 Å². The maximum atomic E-state index is 12.3. The molecule has 0 fully saturated rings. The number of hydrogen-bond donors (Lipinski definition) is 2. The fraction of sp³-hybridized carbons (Fsp3) is 0.364. The molecule has 3 aromatic heterocycles. The van der Waals surface area contributed by atoms with Crippen LogP contribution in [0.25, 0.3) is 21.9 Å². The van der Waals surface area contributed by atoms with Crippen molar-refractivity contribution in [3.05, 3.63) is 47.6 Å². The summed E-state index contributed by atoms with van der Waals surface area (Å²) < 4.78 is 29.9. The first-order valence-electron chi connectivity index (χ1n) is 10.6. The zero-order valence-corrected chi connectivity index (χ0v) is 19.2. The molecule has 0 spiro atoms. The van der Waals surface area contributed by atoms with E-state index in [1.165, 1.54) is 11.3 Å². The molecule has 31 heavy (non-hydrogen) atoms. The van der Waals surface area contributed by atoms with Crippen LogP contribution < -0.4 is 10.5 Å². The van der Waals surface area contributed by atoms with Crippen molar-refractivity contribution in [1.82, 2.24) is 19.3 Å². The average molecular weight is 458 g/mol. The van der Waals surface area contributed by atoms with Gasteiger partial charge in [-0.25, -0.2) is 23.1 Å². The lowest BCUT2D eigenvalue weighted by Crippen LogP contribution is -2.24. The van der Waals surface area contributed by atoms with Gasteiger partial charge in [-0.3, -0.25) is 0 Å². The molecule has 3 heterocycles. The number of thiophene rings is 1. The van der Waals surface area contributed by atoms with E-state index in [0.717, 1.165) is 66.4 Å². The van der Waals surface area contributed by atoms with Gasteiger partial charge in [0.15, 0.2) is 5.82 Å². The lowest BCUT2D eigenvalue weighted by molar-refractivity contribution is 0.563. The molecule has 7 nitrogen and oxygen atoms in total. The summed E-state index contributed by atoms with van der Waals surface area (Å²) in [4.78, 5) is 9.36. The number of fused-ring (bicyclic) bond motifs is 3. The molecule has 0 unspecified atom stereocenters. The lowest BCUT2D eigenvalue weighted by atomic mass is 10.2. The maximum absolute atomic E-state index is 12.3. The van der Waals surface area contributed by atoms with Gasteiger partial charge >= 0.3 is 0 Å². The Morgan fingerprint density at radius 1 is 1.10 bits per heavy atom. The predicted octanol–water partition coefficient (Wildman–Crippen LogP) is 4.33. The molecule has 4 rings (SSSR count). The van der Waals surface area contributed by atoms with Crippen molar-refractivity contribution >= 4 is 49.1 Å². The topological polar surface area (TPSA) is 103 Å². The van der Waals surface area contributed by atoms with Gasteiger partial charge in [-0.1, -0.05) is 37.6 Å². The highest BCUT2D eigenvalue weighted by atomic mass is 32.2. The highest BCUT2D eigenvalue weighted by Gasteiger charge is 2.17. The molecular formula is C22H27N5O2S2. The highest BCUT2D eigenvalue weighted by molar-refractivity contribution is 7.91. The van der Waals surface area contributed by atoms with E-state index < -0.39 is 10.0 Å². The van der Waals surface area contributed by atoms with Gasteiger partial charge in [-0.2, -0.15) is 0 Å². The predicted molar refractivity (Wildman–Crippen MR) is 127 cm³/mol. The summed E-state index contributed by atoms with van der Waals surface area (Å²) in [6.45, 7) is 3.32. The number of nitrogens with two attached hydrogens (primary N) is 1. The number of para-hydroxylation sites is 1. The van der Waals surface area contributed by atoms with E-state index in [2.05, 4.69) is 27.3 Å². The van der Waals surface area contributed by atoms with Crippen molar-refractivity contribution in [1.29, 1.82) is 0 Å². The Morgan fingerprint density at radius 2 is 1.94 bits per heavy atom. The summed E-state index contributed by atoms with van der Waals surface area (Å²) in [5, 5.41) is 2.81. The summed E-state index contributed by atoms with van der Waals surface area (Å²) in [5.41, 5.74) is 8.88. The van der Waals surface area contributed by atoms with Gasteiger partial charge in [0.05, 0.1) is 11.0 Å². The molecule has 0 saturated heterocycles. The molecular weight excluding hydrogens is 430 g/mol. The Kier molecular flexibility index (Phi) is 6.54. The third-order valence-electron chi connectivity index (χ3n) is 5.30. The zero-order valence-electron chi connectivity index (χ0n) is 17.5. The lowest BCUT2D eigenvalue weighted by Gasteiger charge is -2.11. The number of aryl methyl sites for hydroxylation is 2. The first-order valence-corrected chi connectivity index (χ1v) is 12.9. The van der Waals surface area contributed by atoms with E-state index >= 15 is 0 Å². The van der Waals surface area contributed by atoms with Crippen LogP contribution in [0.3, 0.4) is 0 Å². The average Bonchev–Trinajstić information content (AvgIpc) is 3.42. The first-order chi connectivity index (χ1) is 15.0. The van der Waals surface area contributed by atoms with Crippen molar-refractivity contribution in [3.63, 3.8) is 0 Å². The van der Waals surface area contributed by atoms with Crippen LogP contribution in [0.15, 0.2) is 46.0 Å². The van der Waals surface area contributed by atoms with Crippen molar-refractivity contribution in [2.75, 3.05) is 12.3 Å². The smallest absolute Gasteiger partial charge is 0.250 e. The van der Waals surface area contributed by atoms with Crippen LogP contribution >= 0.6 is 11.3 Å². The van der Waals surface area contributed by atoms with Crippen LogP contribution in [-0.4, -0.2) is 29.5 Å². The number of hydrogen-bond acceptors (Lipinski definition) is 6. The highest BCUT2D eigenvalue weighted by Crippen LogP contribution is 2.29. The van der Waals surface area contributed by atoms with Crippen molar-refractivity contribution in [2.24, 2.45) is 0 Å². The molecule has 0 saturated carbocycles. The number of aromatic nitrogens is 3. The number of benzene rings is 1. The van der Waals surface area contributed by atoms with Gasteiger partial charge in [0, 0.05) is 24.9 Å². The summed E-state index contributed by atoms with van der Waals surface area (Å²) in [5.74, 6) is 1.47. The number of unbranched alkanes of at least 4 members (excludes halogenated alkanes) is 2. The number of sulfonamides is 1. The van der Waals surface area contributed by atoms with Crippen molar-refractivity contribution in [2.45, 2.75) is 49.8 Å². The Hall–Kier alpha value is -2.49. The van der Waals surface area contributed by atoms with Crippen LogP contribution in [-0.2, 0) is 23.0 Å². The second-order valence-electron chi connectivity index (χ2n) is 7.53. The van der Waals surface area contributed by atoms with E-state index in [-0.39, 0.29) is 0 Å². The largest absolute Gasteiger partial charge is 0.382 e. The van der Waals surface area contributed by atoms with Gasteiger partial charge in [0.25, 0.3) is 0 Å². The number of nitrogens with one attached hydrogen (secondary N) is 1. The minimum Gasteiger partial charge on any atom is -0.382 e. The van der Waals surface area contributed by atoms with E-state index in [1.54, 1.807) is 17.5 Å². The van der Waals surface area contributed by atoms with Gasteiger partial charge in [-0.05, 0) is 36.8 Å². The van der Waals surface area contributed by atoms with Gasteiger partial charge in [-0.15, -0.1) is 11.3 Å². The quantitative estimate of drug-likeness (QED) is 0.345. The normalized spacial score (nSPS) is 12.2. The minimum atomic E-state index is -3.42. The zero-order chi connectivity index (χ0) is 21.8. The Bertz CT molecular complexity index is 1280. The van der Waals surface area contributed by atoms with Crippen LogP contribution in [0.4, 0.5) is 5.82 Å². The fourth-order valence-electron chi connectivity index (χ4n) is 3.76. The number of nitrogen functional groups attached to an aromatic ring is 1. The molecule has 0 radical (unpaired) electrons. The fourth-order valence-corrected chi connectivity index (χ4v) is 5.87. The Morgan fingerprint density at radius 3 is 2.71 bits per heavy atom. The summed E-state index contributed by atoms with van der Waals surface area (Å²) in [6.07, 6.45) is 4.57. The second kappa shape index (κ2) is 9.33. The molecule has 0 aliphatic rings. The van der Waals surface area contributed by atoms with Crippen LogP contribution in [0, 0.1) is 0 Å². The van der Waals surface area contributed by atoms with E-state index in [9.17, 15) is 8.42 Å². The number of pyridine rings is 1. The minimum absolute atomic E-state index is 0.351. The molecule has 0 bridgehead atoms. The molecule has 9 heteroatoms. The van der Waals surface area contributed by atoms with Gasteiger partial charge < -0.3 is 10.3 Å². The van der Waals surface area contributed by atoms with Crippen LogP contribution in [0.1, 0.15) is 38.4 Å². The molecule has 0 amide bonds. The Labute approximate surface area is 186 Å². The number of anilines is 1. The summed E-state index contributed by atoms with van der Waals surface area (Å²) in [7, 11) is -3.42. The van der Waals surface area contributed by atoms with E-state index in [0.29, 0.717) is 16.6 Å². The molecule has 3 N–H and O–H groups in total. The SMILES string of the molecule is CCCCc1nc2c(N)nc3ccccc3c2n1CCCCNS(=O)(=O)c1cccs1. The number of imidazole rings is 1. The third-order valence-corrected chi connectivity index (χ3v) is 8.16. The van der Waals surface area contributed by atoms with E-state index in [1.807, 2.05) is 18.2 Å². The van der Waals surface area contributed by atoms with Crippen molar-refractivity contribution < 1.29 is 8.42 Å². The van der Waals surface area contributed by atoms with E-state index in [4.69, 9.17) is 10.7 Å². The van der Waals surface area contributed by atoms with Crippen molar-refractivity contribution in [3.8, 4) is 0 Å². The number of nitrogens with zero attached hydrogens (tertiary/aromatic N) is 3.